The van der Waals surface area contributed by atoms with E-state index in [1.165, 1.54) is 11.8 Å². The van der Waals surface area contributed by atoms with Gasteiger partial charge in [0.25, 0.3) is 5.56 Å². The molecule has 0 aliphatic carbocycles. The lowest BCUT2D eigenvalue weighted by atomic mass is 10.1. The number of fused-ring (bicyclic) bond motifs is 1. The van der Waals surface area contributed by atoms with Gasteiger partial charge >= 0.3 is 0 Å². The summed E-state index contributed by atoms with van der Waals surface area (Å²) in [4.78, 5) is 32.3. The van der Waals surface area contributed by atoms with Crippen LogP contribution < -0.4 is 15.6 Å². The number of methoxy groups -OCH3 is 1. The zero-order chi connectivity index (χ0) is 24.8. The molecule has 2 N–H and O–H groups in total. The van der Waals surface area contributed by atoms with Gasteiger partial charge in [0.05, 0.1) is 36.2 Å². The van der Waals surface area contributed by atoms with Gasteiger partial charge in [-0.05, 0) is 36.8 Å². The molecule has 0 bridgehead atoms. The number of para-hydroxylation sites is 1. The van der Waals surface area contributed by atoms with Crippen LogP contribution in [-0.2, 0) is 23.5 Å². The number of rotatable bonds is 10. The van der Waals surface area contributed by atoms with Crippen LogP contribution in [0.1, 0.15) is 30.2 Å². The summed E-state index contributed by atoms with van der Waals surface area (Å²) in [6.45, 7) is 6.17. The molecule has 10 heteroatoms. The second-order valence-electron chi connectivity index (χ2n) is 7.87. The van der Waals surface area contributed by atoms with E-state index in [-0.39, 0.29) is 23.9 Å². The maximum absolute atomic E-state index is 12.6. The Hall–Kier alpha value is -3.92. The molecule has 4 aromatic rings. The Kier molecular flexibility index (Phi) is 7.61. The largest absolute Gasteiger partial charge is 0.497 e. The van der Waals surface area contributed by atoms with E-state index in [4.69, 9.17) is 4.74 Å². The van der Waals surface area contributed by atoms with Crippen molar-refractivity contribution in [1.82, 2.24) is 30.0 Å². The Morgan fingerprint density at radius 1 is 1.23 bits per heavy atom. The summed E-state index contributed by atoms with van der Waals surface area (Å²) in [5, 5.41) is 12.8. The summed E-state index contributed by atoms with van der Waals surface area (Å²) in [6.07, 6.45) is 1.99. The highest BCUT2D eigenvalue weighted by Gasteiger charge is 2.20. The predicted molar refractivity (Wildman–Crippen MR) is 135 cm³/mol. The van der Waals surface area contributed by atoms with Gasteiger partial charge in [-0.15, -0.1) is 16.8 Å². The number of nitrogens with zero attached hydrogens (tertiary/aromatic N) is 4. The molecule has 9 nitrogen and oxygen atoms in total. The van der Waals surface area contributed by atoms with E-state index in [1.807, 2.05) is 54.0 Å². The number of nitrogens with one attached hydrogen (secondary N) is 2. The fourth-order valence-electron chi connectivity index (χ4n) is 3.65. The van der Waals surface area contributed by atoms with Crippen molar-refractivity contribution in [3.8, 4) is 5.75 Å². The highest BCUT2D eigenvalue weighted by atomic mass is 32.2. The lowest BCUT2D eigenvalue weighted by molar-refractivity contribution is -0.121. The van der Waals surface area contributed by atoms with Gasteiger partial charge in [-0.3, -0.25) is 9.59 Å². The maximum Gasteiger partial charge on any atom is 0.258 e. The number of aromatic nitrogens is 5. The van der Waals surface area contributed by atoms with Gasteiger partial charge in [0.15, 0.2) is 11.0 Å². The number of carbonyl (C=O) groups excluding carboxylic acids is 1. The van der Waals surface area contributed by atoms with E-state index in [0.717, 1.165) is 11.3 Å². The van der Waals surface area contributed by atoms with Crippen molar-refractivity contribution in [1.29, 1.82) is 0 Å². The number of H-pyrrole nitrogens is 1. The van der Waals surface area contributed by atoms with Gasteiger partial charge in [0, 0.05) is 6.54 Å². The third-order valence-corrected chi connectivity index (χ3v) is 6.32. The third-order valence-electron chi connectivity index (χ3n) is 5.35. The van der Waals surface area contributed by atoms with E-state index in [9.17, 15) is 9.59 Å². The zero-order valence-electron chi connectivity index (χ0n) is 19.5. The van der Waals surface area contributed by atoms with E-state index < -0.39 is 0 Å². The highest BCUT2D eigenvalue weighted by Crippen LogP contribution is 2.23. The molecule has 0 unspecified atom stereocenters. The van der Waals surface area contributed by atoms with E-state index in [1.54, 1.807) is 19.3 Å². The number of hydrogen-bond donors (Lipinski definition) is 2. The van der Waals surface area contributed by atoms with E-state index in [0.29, 0.717) is 40.0 Å². The summed E-state index contributed by atoms with van der Waals surface area (Å²) in [6, 6.07) is 14.2. The minimum absolute atomic E-state index is 0.122. The Morgan fingerprint density at radius 3 is 2.74 bits per heavy atom. The summed E-state index contributed by atoms with van der Waals surface area (Å²) in [7, 11) is 1.60. The number of ether oxygens (including phenoxy) is 1. The first-order chi connectivity index (χ1) is 17.0. The molecule has 0 saturated heterocycles. The zero-order valence-corrected chi connectivity index (χ0v) is 20.3. The molecule has 1 atom stereocenters. The average Bonchev–Trinajstić information content (AvgIpc) is 3.26. The van der Waals surface area contributed by atoms with Crippen LogP contribution >= 0.6 is 11.8 Å². The van der Waals surface area contributed by atoms with Crippen LogP contribution in [0.5, 0.6) is 5.75 Å². The average molecular weight is 491 g/mol. The van der Waals surface area contributed by atoms with Crippen molar-refractivity contribution < 1.29 is 9.53 Å². The van der Waals surface area contributed by atoms with Crippen molar-refractivity contribution in [2.24, 2.45) is 0 Å². The quantitative estimate of drug-likeness (QED) is 0.259. The number of allylic oxidation sites excluding steroid dienone is 1. The second kappa shape index (κ2) is 11.0. The Balaban J connectivity index is 1.45. The molecule has 0 saturated carbocycles. The number of thioether (sulfide) groups is 1. The van der Waals surface area contributed by atoms with Crippen LogP contribution in [0.3, 0.4) is 0 Å². The van der Waals surface area contributed by atoms with Gasteiger partial charge in [-0.1, -0.05) is 42.1 Å². The third kappa shape index (κ3) is 5.78. The molecule has 0 fully saturated rings. The molecule has 0 spiro atoms. The normalized spacial score (nSPS) is 11.8. The van der Waals surface area contributed by atoms with E-state index >= 15 is 0 Å². The topological polar surface area (TPSA) is 115 Å². The molecule has 0 radical (unpaired) electrons. The van der Waals surface area contributed by atoms with Crippen LogP contribution in [0, 0.1) is 0 Å². The van der Waals surface area contributed by atoms with Crippen LogP contribution in [-0.4, -0.2) is 37.7 Å². The maximum atomic E-state index is 12.6. The van der Waals surface area contributed by atoms with Crippen LogP contribution in [0.15, 0.2) is 71.1 Å². The molecule has 0 aliphatic rings. The number of benzene rings is 2. The van der Waals surface area contributed by atoms with Gasteiger partial charge in [-0.25, -0.2) is 4.98 Å². The number of hydrogen-bond acceptors (Lipinski definition) is 7. The lowest BCUT2D eigenvalue weighted by Gasteiger charge is -2.15. The molecule has 2 aromatic carbocycles. The van der Waals surface area contributed by atoms with Crippen LogP contribution in [0.25, 0.3) is 10.9 Å². The molecule has 180 valence electrons. The highest BCUT2D eigenvalue weighted by molar-refractivity contribution is 7.98. The summed E-state index contributed by atoms with van der Waals surface area (Å²) < 4.78 is 7.06. The summed E-state index contributed by atoms with van der Waals surface area (Å²) in [5.41, 5.74) is 1.36. The minimum Gasteiger partial charge on any atom is -0.497 e. The molecule has 0 aliphatic heterocycles. The monoisotopic (exact) mass is 490 g/mol. The molecule has 4 rings (SSSR count). The first kappa shape index (κ1) is 24.2. The standard InChI is InChI=1S/C25H26N6O3S/c1-4-13-31-23(16(2)26-22(32)14-17-9-11-18(34-3)12-10-17)29-30-25(31)35-15-21-27-20-8-6-5-7-19(20)24(33)28-21/h4-12,16H,1,13-15H2,2-3H3,(H,26,32)(H,27,28,33)/t16-/m0/s1. The SMILES string of the molecule is C=CCn1c(SCc2nc3ccccc3c(=O)[nH]2)nnc1[C@H](C)NC(=O)Cc1ccc(OC)cc1. The molecule has 2 aromatic heterocycles. The Bertz CT molecular complexity index is 1400. The smallest absolute Gasteiger partial charge is 0.258 e. The summed E-state index contributed by atoms with van der Waals surface area (Å²) >= 11 is 1.40. The van der Waals surface area contributed by atoms with Gasteiger partial charge in [0.2, 0.25) is 5.91 Å². The first-order valence-corrected chi connectivity index (χ1v) is 12.0. The Labute approximate surface area is 206 Å². The van der Waals surface area contributed by atoms with Crippen LogP contribution in [0.4, 0.5) is 0 Å². The van der Waals surface area contributed by atoms with Crippen molar-refractivity contribution in [2.45, 2.75) is 36.8 Å². The first-order valence-electron chi connectivity index (χ1n) is 11.1. The van der Waals surface area contributed by atoms with E-state index in [2.05, 4.69) is 32.1 Å². The molecule has 35 heavy (non-hydrogen) atoms. The van der Waals surface area contributed by atoms with Crippen molar-refractivity contribution >= 4 is 28.6 Å². The number of amides is 1. The second-order valence-corrected chi connectivity index (χ2v) is 8.82. The molecular formula is C25H26N6O3S. The number of carbonyl (C=O) groups is 1. The van der Waals surface area contributed by atoms with Crippen molar-refractivity contribution in [3.05, 3.63) is 88.8 Å². The van der Waals surface area contributed by atoms with Crippen LogP contribution in [0.2, 0.25) is 0 Å². The summed E-state index contributed by atoms with van der Waals surface area (Å²) in [5.74, 6) is 2.20. The molecule has 1 amide bonds. The van der Waals surface area contributed by atoms with Crippen molar-refractivity contribution in [3.63, 3.8) is 0 Å². The molecule has 2 heterocycles. The van der Waals surface area contributed by atoms with Gasteiger partial charge < -0.3 is 19.6 Å². The van der Waals surface area contributed by atoms with Gasteiger partial charge in [0.1, 0.15) is 11.6 Å². The Morgan fingerprint density at radius 2 is 2.00 bits per heavy atom. The molecular weight excluding hydrogens is 464 g/mol. The van der Waals surface area contributed by atoms with Crippen molar-refractivity contribution in [2.75, 3.05) is 7.11 Å². The van der Waals surface area contributed by atoms with Gasteiger partial charge in [-0.2, -0.15) is 0 Å². The fraction of sp³-hybridized carbons (Fsp3) is 0.240. The lowest BCUT2D eigenvalue weighted by Crippen LogP contribution is -2.30. The fourth-order valence-corrected chi connectivity index (χ4v) is 4.47. The predicted octanol–water partition coefficient (Wildman–Crippen LogP) is 3.42. The number of aromatic amines is 1. The minimum atomic E-state index is -0.360.